The SMILES string of the molecule is C=CCc1cc(/C=C2\C(=O)NC(=O)N(c3ccc(Cl)cc3)C2=O)cc(OCC)c1OCc1cccc([N+](=O)[O-])c1. The molecular weight excluding hydrogens is 538 g/mol. The molecule has 0 aliphatic carbocycles. The van der Waals surface area contributed by atoms with E-state index in [1.165, 1.54) is 42.5 Å². The fraction of sp³-hybridized carbons (Fsp3) is 0.138. The van der Waals surface area contributed by atoms with Crippen molar-refractivity contribution in [1.82, 2.24) is 5.32 Å². The molecule has 1 N–H and O–H groups in total. The van der Waals surface area contributed by atoms with E-state index < -0.39 is 22.8 Å². The minimum absolute atomic E-state index is 0.0331. The molecule has 11 heteroatoms. The molecule has 1 heterocycles. The monoisotopic (exact) mass is 561 g/mol. The van der Waals surface area contributed by atoms with Crippen LogP contribution in [-0.2, 0) is 22.6 Å². The van der Waals surface area contributed by atoms with E-state index in [9.17, 15) is 24.5 Å². The Hall–Kier alpha value is -4.96. The first-order valence-electron chi connectivity index (χ1n) is 12.2. The number of anilines is 1. The number of benzene rings is 3. The number of urea groups is 1. The number of imide groups is 2. The van der Waals surface area contributed by atoms with Crippen LogP contribution in [0, 0.1) is 10.1 Å². The number of ether oxygens (including phenoxy) is 2. The molecule has 1 saturated heterocycles. The lowest BCUT2D eigenvalue weighted by Gasteiger charge is -2.26. The van der Waals surface area contributed by atoms with E-state index in [0.29, 0.717) is 46.2 Å². The molecule has 0 spiro atoms. The summed E-state index contributed by atoms with van der Waals surface area (Å²) >= 11 is 5.93. The molecule has 4 amide bonds. The van der Waals surface area contributed by atoms with Gasteiger partial charge in [-0.2, -0.15) is 0 Å². The van der Waals surface area contributed by atoms with Crippen LogP contribution in [0.25, 0.3) is 6.08 Å². The Morgan fingerprint density at radius 3 is 2.50 bits per heavy atom. The first kappa shape index (κ1) is 28.1. The Kier molecular flexibility index (Phi) is 8.60. The van der Waals surface area contributed by atoms with Gasteiger partial charge in [-0.1, -0.05) is 29.8 Å². The summed E-state index contributed by atoms with van der Waals surface area (Å²) in [5.74, 6) is -0.902. The zero-order chi connectivity index (χ0) is 28.8. The van der Waals surface area contributed by atoms with E-state index in [1.807, 2.05) is 0 Å². The van der Waals surface area contributed by atoms with Crippen molar-refractivity contribution in [2.75, 3.05) is 11.5 Å². The molecule has 204 valence electrons. The number of nitro groups is 1. The number of nitrogens with zero attached hydrogens (tertiary/aromatic N) is 2. The Labute approximate surface area is 234 Å². The normalized spacial score (nSPS) is 14.2. The highest BCUT2D eigenvalue weighted by molar-refractivity contribution is 6.39. The number of amides is 4. The Balaban J connectivity index is 1.70. The van der Waals surface area contributed by atoms with E-state index in [2.05, 4.69) is 11.9 Å². The molecule has 3 aromatic carbocycles. The first-order chi connectivity index (χ1) is 19.2. The number of hydrogen-bond donors (Lipinski definition) is 1. The van der Waals surface area contributed by atoms with Crippen LogP contribution in [0.15, 0.2) is 78.9 Å². The molecule has 0 saturated carbocycles. The summed E-state index contributed by atoms with van der Waals surface area (Å²) in [6.45, 7) is 5.90. The Bertz CT molecular complexity index is 1530. The van der Waals surface area contributed by atoms with Crippen molar-refractivity contribution in [2.45, 2.75) is 20.0 Å². The zero-order valence-electron chi connectivity index (χ0n) is 21.4. The second-order valence-corrected chi connectivity index (χ2v) is 9.02. The molecule has 0 bridgehead atoms. The quantitative estimate of drug-likeness (QED) is 0.112. The number of carbonyl (C=O) groups excluding carboxylic acids is 3. The Morgan fingerprint density at radius 2 is 1.82 bits per heavy atom. The summed E-state index contributed by atoms with van der Waals surface area (Å²) in [6.07, 6.45) is 3.38. The molecular formula is C29H24ClN3O7. The van der Waals surface area contributed by atoms with Gasteiger partial charge < -0.3 is 9.47 Å². The highest BCUT2D eigenvalue weighted by atomic mass is 35.5. The lowest BCUT2D eigenvalue weighted by atomic mass is 10.0. The number of non-ortho nitro benzene ring substituents is 1. The van der Waals surface area contributed by atoms with Gasteiger partial charge in [-0.05, 0) is 66.9 Å². The summed E-state index contributed by atoms with van der Waals surface area (Å²) in [6, 6.07) is 14.6. The largest absolute Gasteiger partial charge is 0.490 e. The van der Waals surface area contributed by atoms with Crippen LogP contribution in [0.3, 0.4) is 0 Å². The van der Waals surface area contributed by atoms with Gasteiger partial charge in [0.2, 0.25) is 0 Å². The van der Waals surface area contributed by atoms with E-state index in [1.54, 1.807) is 37.3 Å². The summed E-state index contributed by atoms with van der Waals surface area (Å²) in [5.41, 5.74) is 1.62. The average molecular weight is 562 g/mol. The van der Waals surface area contributed by atoms with E-state index in [4.69, 9.17) is 21.1 Å². The second-order valence-electron chi connectivity index (χ2n) is 8.58. The molecule has 0 aromatic heterocycles. The third-order valence-corrected chi connectivity index (χ3v) is 6.07. The maximum Gasteiger partial charge on any atom is 0.335 e. The topological polar surface area (TPSA) is 128 Å². The number of nitro benzene ring substituents is 1. The van der Waals surface area contributed by atoms with Gasteiger partial charge in [0.1, 0.15) is 12.2 Å². The van der Waals surface area contributed by atoms with E-state index in [0.717, 1.165) is 4.90 Å². The van der Waals surface area contributed by atoms with Crippen LogP contribution in [0.5, 0.6) is 11.5 Å². The van der Waals surface area contributed by atoms with Crippen molar-refractivity contribution in [3.05, 3.63) is 111 Å². The minimum Gasteiger partial charge on any atom is -0.490 e. The fourth-order valence-electron chi connectivity index (χ4n) is 4.06. The number of hydrogen-bond acceptors (Lipinski definition) is 7. The molecule has 1 fully saturated rings. The standard InChI is InChI=1S/C29H24ClN3O7/c1-3-6-20-13-19(15-24-27(34)31-29(36)32(28(24)35)22-11-9-21(30)10-12-22)16-25(39-4-2)26(20)40-17-18-7-5-8-23(14-18)33(37)38/h3,5,7-16H,1,4,6,17H2,2H3,(H,31,34,36)/b24-15+. The molecule has 1 aliphatic rings. The predicted octanol–water partition coefficient (Wildman–Crippen LogP) is 5.62. The summed E-state index contributed by atoms with van der Waals surface area (Å²) < 4.78 is 11.9. The zero-order valence-corrected chi connectivity index (χ0v) is 22.1. The van der Waals surface area contributed by atoms with Crippen molar-refractivity contribution >= 4 is 46.9 Å². The molecule has 4 rings (SSSR count). The Morgan fingerprint density at radius 1 is 1.07 bits per heavy atom. The van der Waals surface area contributed by atoms with Crippen LogP contribution in [0.2, 0.25) is 5.02 Å². The number of rotatable bonds is 10. The molecule has 40 heavy (non-hydrogen) atoms. The average Bonchev–Trinajstić information content (AvgIpc) is 2.92. The molecule has 0 atom stereocenters. The summed E-state index contributed by atoms with van der Waals surface area (Å²) in [4.78, 5) is 50.0. The maximum absolute atomic E-state index is 13.3. The summed E-state index contributed by atoms with van der Waals surface area (Å²) in [5, 5.41) is 13.7. The van der Waals surface area contributed by atoms with Crippen molar-refractivity contribution in [3.63, 3.8) is 0 Å². The molecule has 3 aromatic rings. The van der Waals surface area contributed by atoms with Crippen molar-refractivity contribution in [2.24, 2.45) is 0 Å². The van der Waals surface area contributed by atoms with Crippen molar-refractivity contribution in [1.29, 1.82) is 0 Å². The van der Waals surface area contributed by atoms with E-state index >= 15 is 0 Å². The van der Waals surface area contributed by atoms with E-state index in [-0.39, 0.29) is 23.6 Å². The summed E-state index contributed by atoms with van der Waals surface area (Å²) in [7, 11) is 0. The minimum atomic E-state index is -0.873. The van der Waals surface area contributed by atoms with Gasteiger partial charge in [0.05, 0.1) is 17.2 Å². The highest BCUT2D eigenvalue weighted by Crippen LogP contribution is 2.36. The second kappa shape index (κ2) is 12.3. The van der Waals surface area contributed by atoms with Crippen LogP contribution in [-0.4, -0.2) is 29.4 Å². The first-order valence-corrected chi connectivity index (χ1v) is 12.5. The maximum atomic E-state index is 13.3. The van der Waals surface area contributed by atoms with Crippen LogP contribution in [0.1, 0.15) is 23.6 Å². The lowest BCUT2D eigenvalue weighted by Crippen LogP contribution is -2.54. The molecule has 1 aliphatic heterocycles. The third kappa shape index (κ3) is 6.19. The molecule has 0 radical (unpaired) electrons. The van der Waals surface area contributed by atoms with Gasteiger partial charge in [-0.15, -0.1) is 6.58 Å². The lowest BCUT2D eigenvalue weighted by molar-refractivity contribution is -0.384. The van der Waals surface area contributed by atoms with Crippen LogP contribution in [0.4, 0.5) is 16.2 Å². The van der Waals surface area contributed by atoms with Gasteiger partial charge in [0, 0.05) is 22.7 Å². The highest BCUT2D eigenvalue weighted by Gasteiger charge is 2.37. The number of nitrogens with one attached hydrogen (secondary N) is 1. The molecule has 10 nitrogen and oxygen atoms in total. The number of carbonyl (C=O) groups is 3. The number of halogens is 1. The van der Waals surface area contributed by atoms with Crippen molar-refractivity contribution < 1.29 is 28.8 Å². The smallest absolute Gasteiger partial charge is 0.335 e. The fourth-order valence-corrected chi connectivity index (χ4v) is 4.19. The number of allylic oxidation sites excluding steroid dienone is 1. The van der Waals surface area contributed by atoms with Crippen molar-refractivity contribution in [3.8, 4) is 11.5 Å². The van der Waals surface area contributed by atoms with Gasteiger partial charge in [0.15, 0.2) is 11.5 Å². The third-order valence-electron chi connectivity index (χ3n) is 5.82. The number of barbiturate groups is 1. The molecule has 0 unspecified atom stereocenters. The predicted molar refractivity (Wildman–Crippen MR) is 149 cm³/mol. The van der Waals surface area contributed by atoms with Crippen LogP contribution < -0.4 is 19.7 Å². The van der Waals surface area contributed by atoms with Gasteiger partial charge >= 0.3 is 6.03 Å². The van der Waals surface area contributed by atoms with Crippen LogP contribution >= 0.6 is 11.6 Å². The van der Waals surface area contributed by atoms with Gasteiger partial charge in [-0.25, -0.2) is 9.69 Å². The van der Waals surface area contributed by atoms with Gasteiger partial charge in [0.25, 0.3) is 17.5 Å². The van der Waals surface area contributed by atoms with Gasteiger partial charge in [-0.3, -0.25) is 25.0 Å².